The second-order valence-corrected chi connectivity index (χ2v) is 9.35. The van der Waals surface area contributed by atoms with Crippen molar-refractivity contribution in [3.63, 3.8) is 0 Å². The molecule has 1 amide bonds. The zero-order valence-electron chi connectivity index (χ0n) is 22.7. The van der Waals surface area contributed by atoms with Crippen LogP contribution in [0.5, 0.6) is 11.5 Å². The second-order valence-electron chi connectivity index (χ2n) is 9.35. The maximum atomic E-state index is 13.7. The summed E-state index contributed by atoms with van der Waals surface area (Å²) in [5.74, 6) is 0.907. The van der Waals surface area contributed by atoms with Crippen molar-refractivity contribution in [1.82, 2.24) is 5.10 Å². The van der Waals surface area contributed by atoms with Gasteiger partial charge in [-0.15, -0.1) is 0 Å². The van der Waals surface area contributed by atoms with Crippen LogP contribution in [-0.4, -0.2) is 27.7 Å². The molecule has 0 atom stereocenters. The molecule has 0 fully saturated rings. The SMILES string of the molecule is CC(=O)Cc1ccc(Oc2cc(N)cc(NC(=O)c3c(-c4ccccc4)[nH][n+](-c4ccccc4)c3C)c2)cc1.O.[OH-]. The van der Waals surface area contributed by atoms with E-state index in [1.54, 1.807) is 37.3 Å². The quantitative estimate of drug-likeness (QED) is 0.181. The Morgan fingerprint density at radius 3 is 2.15 bits per heavy atom. The predicted octanol–water partition coefficient (Wildman–Crippen LogP) is 5.02. The Morgan fingerprint density at radius 2 is 1.51 bits per heavy atom. The monoisotopic (exact) mass is 552 g/mol. The molecule has 0 bridgehead atoms. The number of nitrogen functional groups attached to an aromatic ring is 1. The van der Waals surface area contributed by atoms with Crippen LogP contribution >= 0.6 is 0 Å². The topological polar surface area (TPSA) is 163 Å². The lowest BCUT2D eigenvalue weighted by atomic mass is 10.1. The first kappa shape index (κ1) is 30.3. The van der Waals surface area contributed by atoms with Gasteiger partial charge in [0.25, 0.3) is 5.91 Å². The van der Waals surface area contributed by atoms with E-state index in [2.05, 4.69) is 10.4 Å². The second kappa shape index (κ2) is 13.2. The fourth-order valence-electron chi connectivity index (χ4n) is 4.52. The Labute approximate surface area is 237 Å². The predicted molar refractivity (Wildman–Crippen MR) is 158 cm³/mol. The molecule has 0 saturated heterocycles. The zero-order chi connectivity index (χ0) is 27.4. The third-order valence-corrected chi connectivity index (χ3v) is 6.27. The summed E-state index contributed by atoms with van der Waals surface area (Å²) in [6, 6.07) is 32.0. The van der Waals surface area contributed by atoms with Gasteiger partial charge >= 0.3 is 0 Å². The Morgan fingerprint density at radius 1 is 0.878 bits per heavy atom. The van der Waals surface area contributed by atoms with Crippen LogP contribution in [0.15, 0.2) is 103 Å². The highest BCUT2D eigenvalue weighted by molar-refractivity contribution is 6.09. The summed E-state index contributed by atoms with van der Waals surface area (Å²) in [6.07, 6.45) is 0.378. The van der Waals surface area contributed by atoms with Gasteiger partial charge in [-0.05, 0) is 30.7 Å². The molecule has 0 unspecified atom stereocenters. The molecule has 5 rings (SSSR count). The molecule has 9 nitrogen and oxygen atoms in total. The highest BCUT2D eigenvalue weighted by Crippen LogP contribution is 2.29. The van der Waals surface area contributed by atoms with Gasteiger partial charge in [0.2, 0.25) is 11.4 Å². The number of nitrogens with two attached hydrogens (primary N) is 1. The van der Waals surface area contributed by atoms with Crippen LogP contribution < -0.4 is 20.5 Å². The summed E-state index contributed by atoms with van der Waals surface area (Å²) in [5.41, 5.74) is 11.8. The summed E-state index contributed by atoms with van der Waals surface area (Å²) in [7, 11) is 0. The number of H-pyrrole nitrogens is 1. The maximum Gasteiger partial charge on any atom is 0.264 e. The standard InChI is InChI=1S/C32H28N4O3.2H2O/c1-21(37)17-23-13-15-28(16-14-23)39-29-19-25(33)18-26(20-29)34-32(38)30-22(2)36(27-11-7-4-8-12-27)35-31(30)24-9-5-3-6-10-24;;/h3-16,18-20H,17,33H2,1-2H3,(H,34,38);2*1H2. The van der Waals surface area contributed by atoms with Crippen molar-refractivity contribution in [2.24, 2.45) is 0 Å². The number of para-hydroxylation sites is 1. The number of Topliss-reactive ketones (excluding diaryl/α,β-unsaturated/α-hetero) is 1. The number of aromatic amines is 1. The summed E-state index contributed by atoms with van der Waals surface area (Å²) in [6.45, 7) is 3.47. The fraction of sp³-hybridized carbons (Fsp3) is 0.0938. The molecule has 41 heavy (non-hydrogen) atoms. The van der Waals surface area contributed by atoms with Crippen molar-refractivity contribution < 1.29 is 30.0 Å². The Kier molecular flexibility index (Phi) is 9.76. The number of benzene rings is 4. The first-order valence-corrected chi connectivity index (χ1v) is 12.6. The van der Waals surface area contributed by atoms with Gasteiger partial charge in [0.05, 0.1) is 0 Å². The lowest BCUT2D eigenvalue weighted by Crippen LogP contribution is -2.35. The zero-order valence-corrected chi connectivity index (χ0v) is 22.7. The molecule has 0 aliphatic heterocycles. The van der Waals surface area contributed by atoms with E-state index in [9.17, 15) is 9.59 Å². The minimum Gasteiger partial charge on any atom is -0.870 e. The number of carbonyl (C=O) groups excluding carboxylic acids is 2. The van der Waals surface area contributed by atoms with Gasteiger partial charge in [0.1, 0.15) is 28.5 Å². The van der Waals surface area contributed by atoms with Crippen LogP contribution in [0.25, 0.3) is 16.9 Å². The Bertz CT molecular complexity index is 1630. The largest absolute Gasteiger partial charge is 0.870 e. The number of hydrogen-bond donors (Lipinski definition) is 3. The molecule has 5 aromatic rings. The van der Waals surface area contributed by atoms with E-state index >= 15 is 0 Å². The van der Waals surface area contributed by atoms with Gasteiger partial charge < -0.3 is 26.7 Å². The fourth-order valence-corrected chi connectivity index (χ4v) is 4.52. The molecule has 7 N–H and O–H groups in total. The summed E-state index contributed by atoms with van der Waals surface area (Å²) >= 11 is 0. The van der Waals surface area contributed by atoms with Crippen LogP contribution in [0.2, 0.25) is 0 Å². The van der Waals surface area contributed by atoms with Crippen LogP contribution in [-0.2, 0) is 11.2 Å². The molecular weight excluding hydrogens is 520 g/mol. The number of nitrogens with zero attached hydrogens (tertiary/aromatic N) is 1. The number of amides is 1. The smallest absolute Gasteiger partial charge is 0.264 e. The number of hydrogen-bond acceptors (Lipinski definition) is 5. The lowest BCUT2D eigenvalue weighted by molar-refractivity contribution is -0.660. The molecule has 0 spiro atoms. The van der Waals surface area contributed by atoms with E-state index in [4.69, 9.17) is 10.5 Å². The molecule has 0 aliphatic rings. The normalized spacial score (nSPS) is 10.2. The number of nitrogens with one attached hydrogen (secondary N) is 2. The summed E-state index contributed by atoms with van der Waals surface area (Å²) in [5, 5.41) is 6.41. The molecule has 9 heteroatoms. The van der Waals surface area contributed by atoms with Crippen molar-refractivity contribution in [3.8, 4) is 28.4 Å². The average molecular weight is 553 g/mol. The van der Waals surface area contributed by atoms with Gasteiger partial charge in [-0.25, -0.2) is 0 Å². The molecule has 0 radical (unpaired) electrons. The highest BCUT2D eigenvalue weighted by Gasteiger charge is 2.29. The molecule has 1 heterocycles. The van der Waals surface area contributed by atoms with Crippen LogP contribution in [0.4, 0.5) is 11.4 Å². The third kappa shape index (κ3) is 7.04. The average Bonchev–Trinajstić information content (AvgIpc) is 3.27. The first-order chi connectivity index (χ1) is 18.9. The third-order valence-electron chi connectivity index (χ3n) is 6.27. The van der Waals surface area contributed by atoms with E-state index in [1.807, 2.05) is 84.4 Å². The number of rotatable bonds is 8. The van der Waals surface area contributed by atoms with Crippen LogP contribution in [0.3, 0.4) is 0 Å². The van der Waals surface area contributed by atoms with Gasteiger partial charge in [0, 0.05) is 54.5 Å². The van der Waals surface area contributed by atoms with Crippen LogP contribution in [0, 0.1) is 6.92 Å². The molecule has 0 saturated carbocycles. The van der Waals surface area contributed by atoms with E-state index in [1.165, 1.54) is 0 Å². The van der Waals surface area contributed by atoms with Crippen molar-refractivity contribution in [2.75, 3.05) is 11.1 Å². The van der Waals surface area contributed by atoms with Crippen molar-refractivity contribution in [3.05, 3.63) is 120 Å². The number of aromatic nitrogens is 2. The minimum absolute atomic E-state index is 0. The number of ether oxygens (including phenoxy) is 1. The van der Waals surface area contributed by atoms with Gasteiger partial charge in [0.15, 0.2) is 0 Å². The van der Waals surface area contributed by atoms with Gasteiger partial charge in [-0.1, -0.05) is 65.3 Å². The molecule has 210 valence electrons. The van der Waals surface area contributed by atoms with Crippen molar-refractivity contribution in [2.45, 2.75) is 20.3 Å². The van der Waals surface area contributed by atoms with Gasteiger partial charge in [-0.2, -0.15) is 5.10 Å². The van der Waals surface area contributed by atoms with Crippen molar-refractivity contribution >= 4 is 23.1 Å². The first-order valence-electron chi connectivity index (χ1n) is 12.6. The molecule has 0 aliphatic carbocycles. The maximum absolute atomic E-state index is 13.7. The number of ketones is 1. The summed E-state index contributed by atoms with van der Waals surface area (Å²) < 4.78 is 7.90. The minimum atomic E-state index is -0.276. The van der Waals surface area contributed by atoms with E-state index in [0.29, 0.717) is 40.6 Å². The van der Waals surface area contributed by atoms with Crippen molar-refractivity contribution in [1.29, 1.82) is 0 Å². The lowest BCUT2D eigenvalue weighted by Gasteiger charge is -2.11. The van der Waals surface area contributed by atoms with E-state index in [0.717, 1.165) is 22.5 Å². The molecule has 4 aromatic carbocycles. The Balaban J connectivity index is 0.00000231. The summed E-state index contributed by atoms with van der Waals surface area (Å²) in [4.78, 5) is 25.1. The molecule has 1 aromatic heterocycles. The van der Waals surface area contributed by atoms with Gasteiger partial charge in [-0.3, -0.25) is 9.59 Å². The molecular formula is C32H32N4O5. The number of carbonyl (C=O) groups is 2. The van der Waals surface area contributed by atoms with Crippen LogP contribution in [0.1, 0.15) is 28.5 Å². The van der Waals surface area contributed by atoms with E-state index in [-0.39, 0.29) is 22.6 Å². The highest BCUT2D eigenvalue weighted by atomic mass is 16.5. The Hall–Kier alpha value is -5.25. The van der Waals surface area contributed by atoms with E-state index < -0.39 is 0 Å². The number of anilines is 2.